The second-order valence-electron chi connectivity index (χ2n) is 8.72. The molecule has 0 bridgehead atoms. The minimum Gasteiger partial charge on any atom is -0.459 e. The Labute approximate surface area is 209 Å². The van der Waals surface area contributed by atoms with Crippen molar-refractivity contribution < 1.29 is 23.8 Å². The Morgan fingerprint density at radius 2 is 1.67 bits per heavy atom. The van der Waals surface area contributed by atoms with Crippen LogP contribution in [0.1, 0.15) is 44.5 Å². The number of esters is 2. The molecule has 5 rings (SSSR count). The van der Waals surface area contributed by atoms with Gasteiger partial charge in [0.05, 0.1) is 11.1 Å². The van der Waals surface area contributed by atoms with Gasteiger partial charge in [0, 0.05) is 12.3 Å². The number of hydrogen-bond acceptors (Lipinski definition) is 8. The number of carbonyl (C=O) groups excluding carboxylic acids is 2. The van der Waals surface area contributed by atoms with Crippen molar-refractivity contribution in [3.8, 4) is 0 Å². The Morgan fingerprint density at radius 1 is 1.03 bits per heavy atom. The molecule has 0 saturated carbocycles. The van der Waals surface area contributed by atoms with Crippen LogP contribution in [-0.2, 0) is 14.2 Å². The number of hydrogen-bond donors (Lipinski definition) is 1. The maximum Gasteiger partial charge on any atom is 0.338 e. The molecule has 1 fully saturated rings. The molecular weight excluding hydrogens is 479 g/mol. The number of benzene rings is 2. The first-order chi connectivity index (χ1) is 17.4. The first-order valence-electron chi connectivity index (χ1n) is 11.5. The molecule has 0 amide bonds. The fourth-order valence-corrected chi connectivity index (χ4v) is 5.06. The summed E-state index contributed by atoms with van der Waals surface area (Å²) in [4.78, 5) is 33.9. The molecule has 2 aromatic heterocycles. The minimum atomic E-state index is -0.668. The number of aryl methyl sites for hydroxylation is 2. The van der Waals surface area contributed by atoms with Crippen molar-refractivity contribution >= 4 is 36.7 Å². The molecule has 0 spiro atoms. The SMILES string of the molecule is Cc1ccc(C(=O)OC[C@H]2OC(n3cpc4ncnc(N)c43)C[C@@H]2OC(=O)c2ccc(C)cc2)cc1. The van der Waals surface area contributed by atoms with Crippen LogP contribution >= 0.6 is 8.19 Å². The van der Waals surface area contributed by atoms with Gasteiger partial charge < -0.3 is 24.5 Å². The monoisotopic (exact) mass is 504 g/mol. The number of anilines is 1. The molecule has 2 N–H and O–H groups in total. The third-order valence-electron chi connectivity index (χ3n) is 6.10. The van der Waals surface area contributed by atoms with Crippen LogP contribution in [0.15, 0.2) is 60.8 Å². The summed E-state index contributed by atoms with van der Waals surface area (Å²) in [6.45, 7) is 3.82. The van der Waals surface area contributed by atoms with Gasteiger partial charge >= 0.3 is 11.9 Å². The zero-order valence-corrected chi connectivity index (χ0v) is 20.7. The van der Waals surface area contributed by atoms with E-state index in [2.05, 4.69) is 9.97 Å². The minimum absolute atomic E-state index is 0.0752. The topological polar surface area (TPSA) is 119 Å². The lowest BCUT2D eigenvalue weighted by Gasteiger charge is -2.19. The fraction of sp³-hybridized carbons (Fsp3) is 0.269. The summed E-state index contributed by atoms with van der Waals surface area (Å²) in [6, 6.07) is 14.3. The summed E-state index contributed by atoms with van der Waals surface area (Å²) in [5, 5.41) is 0.772. The molecule has 10 heteroatoms. The van der Waals surface area contributed by atoms with Crippen LogP contribution in [0.3, 0.4) is 0 Å². The number of nitrogens with two attached hydrogens (primary N) is 1. The number of carbonyl (C=O) groups is 2. The van der Waals surface area contributed by atoms with Crippen molar-refractivity contribution in [2.45, 2.75) is 38.7 Å². The van der Waals surface area contributed by atoms with E-state index in [1.54, 1.807) is 24.3 Å². The van der Waals surface area contributed by atoms with Crippen molar-refractivity contribution in [2.75, 3.05) is 12.3 Å². The molecule has 3 heterocycles. The highest BCUT2D eigenvalue weighted by Gasteiger charge is 2.40. The van der Waals surface area contributed by atoms with Crippen molar-refractivity contribution in [2.24, 2.45) is 0 Å². The molecule has 1 aliphatic heterocycles. The molecule has 9 nitrogen and oxygen atoms in total. The van der Waals surface area contributed by atoms with Crippen LogP contribution in [0.5, 0.6) is 0 Å². The van der Waals surface area contributed by atoms with E-state index in [9.17, 15) is 9.59 Å². The lowest BCUT2D eigenvalue weighted by atomic mass is 10.1. The second kappa shape index (κ2) is 10.0. The number of nitrogens with zero attached hydrogens (tertiary/aromatic N) is 3. The molecule has 184 valence electrons. The third-order valence-corrected chi connectivity index (χ3v) is 7.03. The van der Waals surface area contributed by atoms with Gasteiger partial charge in [0.1, 0.15) is 42.1 Å². The molecule has 36 heavy (non-hydrogen) atoms. The van der Waals surface area contributed by atoms with Gasteiger partial charge in [-0.2, -0.15) is 0 Å². The number of fused-ring (bicyclic) bond motifs is 1. The second-order valence-corrected chi connectivity index (χ2v) is 9.63. The number of ether oxygens (including phenoxy) is 3. The average molecular weight is 504 g/mol. The van der Waals surface area contributed by atoms with E-state index in [0.29, 0.717) is 28.9 Å². The normalized spacial score (nSPS) is 19.6. The highest BCUT2D eigenvalue weighted by Crippen LogP contribution is 2.37. The number of aromatic nitrogens is 3. The van der Waals surface area contributed by atoms with Gasteiger partial charge in [0.15, 0.2) is 5.82 Å². The Bertz CT molecular complexity index is 1400. The van der Waals surface area contributed by atoms with E-state index < -0.39 is 30.4 Å². The van der Waals surface area contributed by atoms with E-state index in [1.165, 1.54) is 6.33 Å². The molecule has 2 aromatic carbocycles. The molecule has 1 saturated heterocycles. The van der Waals surface area contributed by atoms with Crippen molar-refractivity contribution in [1.82, 2.24) is 14.5 Å². The third kappa shape index (κ3) is 4.94. The van der Waals surface area contributed by atoms with E-state index in [1.807, 2.05) is 48.6 Å². The summed E-state index contributed by atoms with van der Waals surface area (Å²) in [6.07, 6.45) is -0.0308. The maximum absolute atomic E-state index is 12.9. The molecule has 1 unspecified atom stereocenters. The molecule has 4 aromatic rings. The van der Waals surface area contributed by atoms with Crippen LogP contribution < -0.4 is 5.73 Å². The Morgan fingerprint density at radius 3 is 2.33 bits per heavy atom. The largest absolute Gasteiger partial charge is 0.459 e. The van der Waals surface area contributed by atoms with Crippen molar-refractivity contribution in [1.29, 1.82) is 0 Å². The van der Waals surface area contributed by atoms with Gasteiger partial charge in [-0.15, -0.1) is 0 Å². The fourth-order valence-electron chi connectivity index (χ4n) is 4.09. The van der Waals surface area contributed by atoms with Crippen LogP contribution in [0.2, 0.25) is 0 Å². The Hall–Kier alpha value is -3.81. The van der Waals surface area contributed by atoms with Gasteiger partial charge in [-0.1, -0.05) is 35.4 Å². The van der Waals surface area contributed by atoms with Crippen LogP contribution in [0.25, 0.3) is 10.8 Å². The van der Waals surface area contributed by atoms with E-state index >= 15 is 0 Å². The smallest absolute Gasteiger partial charge is 0.338 e. The van der Waals surface area contributed by atoms with Crippen molar-refractivity contribution in [3.63, 3.8) is 0 Å². The predicted molar refractivity (Wildman–Crippen MR) is 135 cm³/mol. The van der Waals surface area contributed by atoms with Gasteiger partial charge in [-0.3, -0.25) is 0 Å². The van der Waals surface area contributed by atoms with Crippen LogP contribution in [-0.4, -0.2) is 45.3 Å². The van der Waals surface area contributed by atoms with Gasteiger partial charge in [0.2, 0.25) is 0 Å². The standard InChI is InChI=1S/C26H25N4O5P/c1-15-3-7-17(8-4-15)25(31)33-12-20-19(35-26(32)18-9-5-16(2)6-10-18)11-21(34-20)30-14-36-24-22(30)23(27)28-13-29-24/h3-10,13-14,19-21H,11-12H2,1-2H3,(H2,27,28,29)/t19-,20+,21?/m0/s1. The maximum atomic E-state index is 12.9. The highest BCUT2D eigenvalue weighted by molar-refractivity contribution is 7.35. The lowest BCUT2D eigenvalue weighted by Crippen LogP contribution is -2.32. The van der Waals surface area contributed by atoms with Crippen molar-refractivity contribution in [3.05, 3.63) is 83.0 Å². The summed E-state index contributed by atoms with van der Waals surface area (Å²) in [7, 11) is 0.859. The average Bonchev–Trinajstić information content (AvgIpc) is 3.48. The zero-order valence-electron chi connectivity index (χ0n) is 19.8. The van der Waals surface area contributed by atoms with Crippen LogP contribution in [0, 0.1) is 13.8 Å². The van der Waals surface area contributed by atoms with E-state index in [4.69, 9.17) is 19.9 Å². The predicted octanol–water partition coefficient (Wildman–Crippen LogP) is 4.58. The van der Waals surface area contributed by atoms with Gasteiger partial charge in [-0.25, -0.2) is 19.6 Å². The zero-order chi connectivity index (χ0) is 25.2. The first kappa shape index (κ1) is 23.9. The molecule has 1 aliphatic rings. The number of nitrogen functional groups attached to an aromatic ring is 1. The summed E-state index contributed by atoms with van der Waals surface area (Å²) < 4.78 is 19.5. The molecular formula is C26H25N4O5P. The highest BCUT2D eigenvalue weighted by atomic mass is 31.0. The molecule has 0 radical (unpaired) electrons. The molecule has 3 atom stereocenters. The van der Waals surface area contributed by atoms with E-state index in [-0.39, 0.29) is 6.61 Å². The summed E-state index contributed by atoms with van der Waals surface area (Å²) in [5.41, 5.74) is 9.75. The Balaban J connectivity index is 1.36. The summed E-state index contributed by atoms with van der Waals surface area (Å²) in [5.74, 6) is 1.30. The quantitative estimate of drug-likeness (QED) is 0.379. The number of rotatable bonds is 6. The Kier molecular flexibility index (Phi) is 6.67. The van der Waals surface area contributed by atoms with Gasteiger partial charge in [-0.05, 0) is 46.3 Å². The van der Waals surface area contributed by atoms with E-state index in [0.717, 1.165) is 24.6 Å². The van der Waals surface area contributed by atoms with Crippen LogP contribution in [0.4, 0.5) is 5.82 Å². The first-order valence-corrected chi connectivity index (χ1v) is 12.5. The summed E-state index contributed by atoms with van der Waals surface area (Å²) >= 11 is 0. The lowest BCUT2D eigenvalue weighted by molar-refractivity contribution is -0.0559. The molecule has 0 aliphatic carbocycles. The van der Waals surface area contributed by atoms with Gasteiger partial charge in [0.25, 0.3) is 0 Å².